The maximum Gasteiger partial charge on any atom is 0.404 e. The van der Waals surface area contributed by atoms with Gasteiger partial charge >= 0.3 is 6.09 Å². The fourth-order valence-electron chi connectivity index (χ4n) is 1.90. The van der Waals surface area contributed by atoms with Crippen molar-refractivity contribution in [2.24, 2.45) is 0 Å². The van der Waals surface area contributed by atoms with Gasteiger partial charge in [0.2, 0.25) is 5.91 Å². The van der Waals surface area contributed by atoms with Crippen molar-refractivity contribution in [1.82, 2.24) is 5.32 Å². The Bertz CT molecular complexity index is 442. The third-order valence-electron chi connectivity index (χ3n) is 2.76. The first-order chi connectivity index (χ1) is 8.06. The summed E-state index contributed by atoms with van der Waals surface area (Å²) in [6.45, 7) is 1.46. The molecule has 1 saturated carbocycles. The van der Waals surface area contributed by atoms with E-state index in [4.69, 9.17) is 5.11 Å². The van der Waals surface area contributed by atoms with E-state index in [1.807, 2.05) is 24.3 Å². The number of amides is 2. The van der Waals surface area contributed by atoms with Crippen LogP contribution in [0.25, 0.3) is 0 Å². The van der Waals surface area contributed by atoms with Crippen LogP contribution in [0.2, 0.25) is 0 Å². The highest BCUT2D eigenvalue weighted by molar-refractivity contribution is 5.88. The van der Waals surface area contributed by atoms with Gasteiger partial charge in [-0.15, -0.1) is 0 Å². The van der Waals surface area contributed by atoms with E-state index in [9.17, 15) is 9.59 Å². The van der Waals surface area contributed by atoms with Crippen LogP contribution < -0.4 is 10.6 Å². The summed E-state index contributed by atoms with van der Waals surface area (Å²) in [4.78, 5) is 21.3. The third kappa shape index (κ3) is 2.96. The van der Waals surface area contributed by atoms with E-state index in [-0.39, 0.29) is 17.9 Å². The second kappa shape index (κ2) is 4.45. The van der Waals surface area contributed by atoms with Gasteiger partial charge in [-0.1, -0.05) is 12.1 Å². The number of nitrogens with one attached hydrogen (secondary N) is 2. The number of anilines is 1. The Morgan fingerprint density at radius 1 is 1.29 bits per heavy atom. The summed E-state index contributed by atoms with van der Waals surface area (Å²) in [5.41, 5.74) is 1.85. The lowest BCUT2D eigenvalue weighted by molar-refractivity contribution is -0.114. The molecule has 0 aromatic heterocycles. The van der Waals surface area contributed by atoms with Gasteiger partial charge in [0.1, 0.15) is 0 Å². The maximum absolute atomic E-state index is 10.8. The van der Waals surface area contributed by atoms with Crippen LogP contribution in [0.4, 0.5) is 10.5 Å². The number of benzene rings is 1. The van der Waals surface area contributed by atoms with Crippen molar-refractivity contribution < 1.29 is 14.7 Å². The first-order valence-corrected chi connectivity index (χ1v) is 5.43. The van der Waals surface area contributed by atoms with Crippen molar-refractivity contribution in [2.75, 3.05) is 5.32 Å². The molecule has 1 aromatic carbocycles. The SMILES string of the molecule is CC(=O)Nc1ccc(C2CC2NC(=O)O)cc1. The molecule has 1 aliphatic rings. The Morgan fingerprint density at radius 2 is 1.94 bits per heavy atom. The second-order valence-electron chi connectivity index (χ2n) is 4.20. The zero-order valence-corrected chi connectivity index (χ0v) is 9.43. The summed E-state index contributed by atoms with van der Waals surface area (Å²) in [5.74, 6) is 0.159. The molecule has 1 aromatic rings. The zero-order chi connectivity index (χ0) is 12.4. The van der Waals surface area contributed by atoms with Gasteiger partial charge in [0.05, 0.1) is 0 Å². The predicted octanol–water partition coefficient (Wildman–Crippen LogP) is 1.77. The minimum atomic E-state index is -0.979. The third-order valence-corrected chi connectivity index (χ3v) is 2.76. The van der Waals surface area contributed by atoms with Crippen molar-refractivity contribution in [3.63, 3.8) is 0 Å². The van der Waals surface area contributed by atoms with Gasteiger partial charge in [-0.05, 0) is 24.1 Å². The summed E-state index contributed by atoms with van der Waals surface area (Å²) < 4.78 is 0. The van der Waals surface area contributed by atoms with Gasteiger partial charge in [-0.2, -0.15) is 0 Å². The topological polar surface area (TPSA) is 78.4 Å². The lowest BCUT2D eigenvalue weighted by Gasteiger charge is -2.04. The number of carbonyl (C=O) groups is 2. The summed E-state index contributed by atoms with van der Waals surface area (Å²) in [5, 5.41) is 13.7. The molecule has 0 heterocycles. The lowest BCUT2D eigenvalue weighted by atomic mass is 10.1. The van der Waals surface area contributed by atoms with Gasteiger partial charge in [0, 0.05) is 24.6 Å². The minimum Gasteiger partial charge on any atom is -0.465 e. The fourth-order valence-corrected chi connectivity index (χ4v) is 1.90. The molecule has 2 unspecified atom stereocenters. The van der Waals surface area contributed by atoms with E-state index in [0.29, 0.717) is 0 Å². The van der Waals surface area contributed by atoms with Crippen LogP contribution >= 0.6 is 0 Å². The maximum atomic E-state index is 10.8. The molecule has 1 aliphatic carbocycles. The molecule has 2 amide bonds. The number of rotatable bonds is 3. The van der Waals surface area contributed by atoms with Crippen LogP contribution in [0.1, 0.15) is 24.8 Å². The molecule has 0 aliphatic heterocycles. The Balaban J connectivity index is 1.95. The zero-order valence-electron chi connectivity index (χ0n) is 9.43. The highest BCUT2D eigenvalue weighted by atomic mass is 16.4. The molecular weight excluding hydrogens is 220 g/mol. The quantitative estimate of drug-likeness (QED) is 0.745. The van der Waals surface area contributed by atoms with Crippen LogP contribution in [0, 0.1) is 0 Å². The Morgan fingerprint density at radius 3 is 2.47 bits per heavy atom. The van der Waals surface area contributed by atoms with Crippen molar-refractivity contribution in [3.05, 3.63) is 29.8 Å². The standard InChI is InChI=1S/C12H14N2O3/c1-7(15)13-9-4-2-8(3-5-9)10-6-11(10)14-12(16)17/h2-5,10-11,14H,6H2,1H3,(H,13,15)(H,16,17). The van der Waals surface area contributed by atoms with Crippen LogP contribution in [0.3, 0.4) is 0 Å². The van der Waals surface area contributed by atoms with Crippen molar-refractivity contribution in [1.29, 1.82) is 0 Å². The Kier molecular flexibility index (Phi) is 2.99. The smallest absolute Gasteiger partial charge is 0.404 e. The van der Waals surface area contributed by atoms with E-state index < -0.39 is 6.09 Å². The molecule has 17 heavy (non-hydrogen) atoms. The van der Waals surface area contributed by atoms with E-state index >= 15 is 0 Å². The highest BCUT2D eigenvalue weighted by Gasteiger charge is 2.39. The number of carbonyl (C=O) groups excluding carboxylic acids is 1. The van der Waals surface area contributed by atoms with Gasteiger partial charge < -0.3 is 15.7 Å². The number of hydrogen-bond acceptors (Lipinski definition) is 2. The van der Waals surface area contributed by atoms with Crippen molar-refractivity contribution in [3.8, 4) is 0 Å². The first kappa shape index (κ1) is 11.4. The number of carboxylic acid groups (broad SMARTS) is 1. The van der Waals surface area contributed by atoms with Gasteiger partial charge in [-0.3, -0.25) is 4.79 Å². The fraction of sp³-hybridized carbons (Fsp3) is 0.333. The van der Waals surface area contributed by atoms with E-state index in [1.54, 1.807) is 0 Å². The predicted molar refractivity (Wildman–Crippen MR) is 63.1 cm³/mol. The van der Waals surface area contributed by atoms with E-state index in [1.165, 1.54) is 6.92 Å². The summed E-state index contributed by atoms with van der Waals surface area (Å²) in [7, 11) is 0. The van der Waals surface area contributed by atoms with E-state index in [0.717, 1.165) is 17.7 Å². The minimum absolute atomic E-state index is 0.0270. The summed E-state index contributed by atoms with van der Waals surface area (Å²) in [6.07, 6.45) is -0.140. The molecule has 0 radical (unpaired) electrons. The molecule has 0 bridgehead atoms. The van der Waals surface area contributed by atoms with Crippen LogP contribution in [-0.2, 0) is 4.79 Å². The van der Waals surface area contributed by atoms with Gasteiger partial charge in [0.15, 0.2) is 0 Å². The summed E-state index contributed by atoms with van der Waals surface area (Å²) >= 11 is 0. The first-order valence-electron chi connectivity index (χ1n) is 5.43. The average Bonchev–Trinajstić information content (AvgIpc) is 2.96. The van der Waals surface area contributed by atoms with Crippen LogP contribution in [0.15, 0.2) is 24.3 Å². The Labute approximate surface area is 98.8 Å². The molecule has 5 heteroatoms. The summed E-state index contributed by atoms with van der Waals surface area (Å²) in [6, 6.07) is 7.51. The van der Waals surface area contributed by atoms with Gasteiger partial charge in [-0.25, -0.2) is 4.79 Å². The molecule has 5 nitrogen and oxygen atoms in total. The molecule has 2 rings (SSSR count). The second-order valence-corrected chi connectivity index (χ2v) is 4.20. The molecule has 2 atom stereocenters. The van der Waals surface area contributed by atoms with Crippen LogP contribution in [0.5, 0.6) is 0 Å². The van der Waals surface area contributed by atoms with Gasteiger partial charge in [0.25, 0.3) is 0 Å². The molecule has 0 spiro atoms. The van der Waals surface area contributed by atoms with Crippen molar-refractivity contribution in [2.45, 2.75) is 25.3 Å². The monoisotopic (exact) mass is 234 g/mol. The Hall–Kier alpha value is -2.04. The molecule has 3 N–H and O–H groups in total. The van der Waals surface area contributed by atoms with Crippen molar-refractivity contribution >= 4 is 17.7 Å². The molecule has 0 saturated heterocycles. The number of hydrogen-bond donors (Lipinski definition) is 3. The molecule has 90 valence electrons. The average molecular weight is 234 g/mol. The highest BCUT2D eigenvalue weighted by Crippen LogP contribution is 2.40. The van der Waals surface area contributed by atoms with Crippen LogP contribution in [-0.4, -0.2) is 23.1 Å². The molecule has 1 fully saturated rings. The normalized spacial score (nSPS) is 21.7. The van der Waals surface area contributed by atoms with E-state index in [2.05, 4.69) is 10.6 Å². The lowest BCUT2D eigenvalue weighted by Crippen LogP contribution is -2.24. The largest absolute Gasteiger partial charge is 0.465 e. The molecular formula is C12H14N2O3.